The number of benzene rings is 1. The van der Waals surface area contributed by atoms with E-state index >= 15 is 0 Å². The van der Waals surface area contributed by atoms with Gasteiger partial charge in [-0.1, -0.05) is 24.3 Å². The van der Waals surface area contributed by atoms with Gasteiger partial charge in [-0.25, -0.2) is 9.61 Å². The lowest BCUT2D eigenvalue weighted by Crippen LogP contribution is -2.37. The average molecular weight is 428 g/mol. The number of rotatable bonds is 4. The molecule has 0 spiro atoms. The lowest BCUT2D eigenvalue weighted by Gasteiger charge is -2.29. The molecule has 162 valence electrons. The second-order valence-electron chi connectivity index (χ2n) is 9.09. The molecule has 4 aromatic rings. The van der Waals surface area contributed by atoms with Crippen molar-refractivity contribution in [3.63, 3.8) is 0 Å². The Kier molecular flexibility index (Phi) is 4.56. The number of nitrogens with zero attached hydrogens (tertiary/aromatic N) is 3. The Hall–Kier alpha value is -3.48. The zero-order valence-corrected chi connectivity index (χ0v) is 17.8. The van der Waals surface area contributed by atoms with Crippen LogP contribution in [0, 0.1) is 0 Å². The van der Waals surface area contributed by atoms with E-state index in [-0.39, 0.29) is 23.4 Å². The van der Waals surface area contributed by atoms with Crippen molar-refractivity contribution in [2.24, 2.45) is 0 Å². The first-order valence-corrected chi connectivity index (χ1v) is 11.4. The number of carbonyl (C=O) groups is 1. The van der Waals surface area contributed by atoms with Crippen molar-refractivity contribution >= 4 is 22.2 Å². The van der Waals surface area contributed by atoms with Gasteiger partial charge in [-0.2, -0.15) is 10.2 Å². The zero-order valence-electron chi connectivity index (χ0n) is 17.8. The number of hydrogen-bond acceptors (Lipinski definition) is 4. The number of amides is 1. The van der Waals surface area contributed by atoms with Crippen molar-refractivity contribution < 1.29 is 4.79 Å². The molecule has 0 aliphatic heterocycles. The second-order valence-corrected chi connectivity index (χ2v) is 9.09. The third kappa shape index (κ3) is 3.28. The highest BCUT2D eigenvalue weighted by atomic mass is 16.1. The summed E-state index contributed by atoms with van der Waals surface area (Å²) in [7, 11) is 0. The summed E-state index contributed by atoms with van der Waals surface area (Å²) in [5.74, 6) is 0.796. The number of fused-ring (bicyclic) bond motifs is 2. The van der Waals surface area contributed by atoms with Crippen molar-refractivity contribution in [1.29, 1.82) is 0 Å². The summed E-state index contributed by atoms with van der Waals surface area (Å²) in [5.41, 5.74) is 3.66. The summed E-state index contributed by atoms with van der Waals surface area (Å²) in [6.45, 7) is 0. The molecule has 0 atom stereocenters. The predicted octanol–water partition coefficient (Wildman–Crippen LogP) is 3.90. The van der Waals surface area contributed by atoms with E-state index < -0.39 is 0 Å². The Bertz CT molecular complexity index is 1380. The van der Waals surface area contributed by atoms with Crippen LogP contribution >= 0.6 is 0 Å². The number of nitrogens with one attached hydrogen (secondary N) is 2. The molecule has 7 nitrogen and oxygen atoms in total. The topological polar surface area (TPSA) is 92.1 Å². The van der Waals surface area contributed by atoms with Crippen LogP contribution in [0.25, 0.3) is 16.3 Å². The highest BCUT2D eigenvalue weighted by Crippen LogP contribution is 2.42. The molecular weight excluding hydrogens is 402 g/mol. The molecule has 2 N–H and O–H groups in total. The van der Waals surface area contributed by atoms with Gasteiger partial charge in [-0.3, -0.25) is 9.59 Å². The summed E-state index contributed by atoms with van der Waals surface area (Å²) in [5, 5.41) is 16.3. The monoisotopic (exact) mass is 427 g/mol. The Morgan fingerprint density at radius 3 is 2.50 bits per heavy atom. The Morgan fingerprint density at radius 1 is 0.969 bits per heavy atom. The number of H-pyrrole nitrogens is 1. The van der Waals surface area contributed by atoms with Gasteiger partial charge in [-0.05, 0) is 62.1 Å². The van der Waals surface area contributed by atoms with Gasteiger partial charge in [0.1, 0.15) is 0 Å². The molecule has 2 aliphatic carbocycles. The van der Waals surface area contributed by atoms with E-state index in [1.54, 1.807) is 6.20 Å². The maximum absolute atomic E-state index is 13.1. The predicted molar refractivity (Wildman–Crippen MR) is 122 cm³/mol. The van der Waals surface area contributed by atoms with Gasteiger partial charge >= 0.3 is 0 Å². The van der Waals surface area contributed by atoms with Crippen molar-refractivity contribution in [3.05, 3.63) is 76.0 Å². The quantitative estimate of drug-likeness (QED) is 0.517. The molecule has 0 saturated heterocycles. The molecule has 6 rings (SSSR count). The zero-order chi connectivity index (χ0) is 21.7. The van der Waals surface area contributed by atoms with Crippen molar-refractivity contribution in [2.45, 2.75) is 56.4 Å². The molecule has 2 saturated carbocycles. The molecule has 7 heteroatoms. The summed E-state index contributed by atoms with van der Waals surface area (Å²) < 4.78 is 1.83. The SMILES string of the molecule is O=C(N[C@H]1CC[C@H](c2n[nH]c(=O)c3ccccc32)CC1)c1cnn2cccc(C3CC3)c12. The van der Waals surface area contributed by atoms with E-state index in [0.29, 0.717) is 16.9 Å². The van der Waals surface area contributed by atoms with Crippen LogP contribution in [0.15, 0.2) is 53.6 Å². The normalized spacial score (nSPS) is 21.1. The maximum atomic E-state index is 13.1. The molecule has 2 aliphatic rings. The molecule has 3 heterocycles. The maximum Gasteiger partial charge on any atom is 0.272 e. The smallest absolute Gasteiger partial charge is 0.272 e. The molecule has 1 amide bonds. The fraction of sp³-hybridized carbons (Fsp3) is 0.360. The number of carbonyl (C=O) groups excluding carboxylic acids is 1. The third-order valence-corrected chi connectivity index (χ3v) is 7.01. The van der Waals surface area contributed by atoms with Crippen LogP contribution in [0.3, 0.4) is 0 Å². The first-order chi connectivity index (χ1) is 15.7. The minimum Gasteiger partial charge on any atom is -0.349 e. The van der Waals surface area contributed by atoms with Gasteiger partial charge in [0.15, 0.2) is 0 Å². The number of aromatic nitrogens is 4. The van der Waals surface area contributed by atoms with Crippen molar-refractivity contribution in [2.75, 3.05) is 0 Å². The molecule has 3 aromatic heterocycles. The van der Waals surface area contributed by atoms with Crippen LogP contribution in [0.5, 0.6) is 0 Å². The number of pyridine rings is 1. The molecule has 0 bridgehead atoms. The summed E-state index contributed by atoms with van der Waals surface area (Å²) in [6.07, 6.45) is 9.60. The van der Waals surface area contributed by atoms with E-state index in [9.17, 15) is 9.59 Å². The first kappa shape index (κ1) is 19.2. The van der Waals surface area contributed by atoms with E-state index in [1.807, 2.05) is 41.0 Å². The van der Waals surface area contributed by atoms with Gasteiger partial charge in [0, 0.05) is 23.5 Å². The van der Waals surface area contributed by atoms with E-state index in [4.69, 9.17) is 0 Å². The highest BCUT2D eigenvalue weighted by molar-refractivity contribution is 6.01. The second kappa shape index (κ2) is 7.58. The van der Waals surface area contributed by atoms with Crippen LogP contribution in [0.2, 0.25) is 0 Å². The molecule has 0 unspecified atom stereocenters. The van der Waals surface area contributed by atoms with Gasteiger partial charge < -0.3 is 5.32 Å². The average Bonchev–Trinajstić information content (AvgIpc) is 3.58. The molecule has 2 fully saturated rings. The standard InChI is InChI=1S/C25H25N5O2/c31-24(21-14-26-30-13-3-6-18(23(21)30)15-7-8-15)27-17-11-9-16(10-12-17)22-19-4-1-2-5-20(19)25(32)29-28-22/h1-6,13-17H,7-12H2,(H,27,31)(H,29,32)/t16-,17-. The fourth-order valence-electron chi connectivity index (χ4n) is 5.18. The fourth-order valence-corrected chi connectivity index (χ4v) is 5.18. The number of aromatic amines is 1. The van der Waals surface area contributed by atoms with Crippen LogP contribution < -0.4 is 10.9 Å². The van der Waals surface area contributed by atoms with Crippen molar-refractivity contribution in [1.82, 2.24) is 25.1 Å². The van der Waals surface area contributed by atoms with Gasteiger partial charge in [-0.15, -0.1) is 0 Å². The minimum absolute atomic E-state index is 0.0378. The van der Waals surface area contributed by atoms with Crippen LogP contribution in [-0.2, 0) is 0 Å². The Balaban J connectivity index is 1.18. The van der Waals surface area contributed by atoms with Gasteiger partial charge in [0.25, 0.3) is 11.5 Å². The number of hydrogen-bond donors (Lipinski definition) is 2. The Morgan fingerprint density at radius 2 is 1.72 bits per heavy atom. The largest absolute Gasteiger partial charge is 0.349 e. The van der Waals surface area contributed by atoms with Gasteiger partial charge in [0.2, 0.25) is 0 Å². The third-order valence-electron chi connectivity index (χ3n) is 7.01. The van der Waals surface area contributed by atoms with E-state index in [1.165, 1.54) is 18.4 Å². The highest BCUT2D eigenvalue weighted by Gasteiger charge is 2.30. The van der Waals surface area contributed by atoms with E-state index in [0.717, 1.165) is 42.3 Å². The molecule has 32 heavy (non-hydrogen) atoms. The molecular formula is C25H25N5O2. The Labute approximate surface area is 184 Å². The summed E-state index contributed by atoms with van der Waals surface area (Å²) in [4.78, 5) is 25.2. The molecule has 0 radical (unpaired) electrons. The summed E-state index contributed by atoms with van der Waals surface area (Å²) in [6, 6.07) is 11.9. The lowest BCUT2D eigenvalue weighted by molar-refractivity contribution is 0.0927. The molecule has 1 aromatic carbocycles. The first-order valence-electron chi connectivity index (χ1n) is 11.4. The minimum atomic E-state index is -0.149. The van der Waals surface area contributed by atoms with Gasteiger partial charge in [0.05, 0.1) is 28.4 Å². The van der Waals surface area contributed by atoms with E-state index in [2.05, 4.69) is 26.7 Å². The van der Waals surface area contributed by atoms with Crippen LogP contribution in [0.1, 0.15) is 72.0 Å². The van der Waals surface area contributed by atoms with Crippen LogP contribution in [0.4, 0.5) is 0 Å². The lowest BCUT2D eigenvalue weighted by atomic mass is 9.82. The van der Waals surface area contributed by atoms with Crippen molar-refractivity contribution in [3.8, 4) is 0 Å². The summed E-state index contributed by atoms with van der Waals surface area (Å²) >= 11 is 0. The van der Waals surface area contributed by atoms with Crippen LogP contribution in [-0.4, -0.2) is 31.8 Å².